The van der Waals surface area contributed by atoms with Crippen LogP contribution < -0.4 is 37.2 Å². The maximum atomic E-state index is 13.9. The molecule has 0 radical (unpaired) electrons. The molecule has 0 unspecified atom stereocenters. The van der Waals surface area contributed by atoms with Gasteiger partial charge in [-0.05, 0) is 54.6 Å². The number of methoxy groups -OCH3 is 1. The zero-order valence-corrected chi connectivity index (χ0v) is 42.2. The predicted molar refractivity (Wildman–Crippen MR) is 240 cm³/mol. The van der Waals surface area contributed by atoms with E-state index in [0.29, 0.717) is 30.3 Å². The molecule has 0 amide bonds. The molecule has 0 aliphatic rings. The van der Waals surface area contributed by atoms with Gasteiger partial charge in [0.05, 0.1) is 70.3 Å². The number of benzene rings is 4. The van der Waals surface area contributed by atoms with Gasteiger partial charge in [-0.2, -0.15) is 52.3 Å². The fourth-order valence-electron chi connectivity index (χ4n) is 5.34. The van der Waals surface area contributed by atoms with Crippen molar-refractivity contribution in [1.82, 2.24) is 0 Å². The summed E-state index contributed by atoms with van der Waals surface area (Å²) in [7, 11) is -39.2. The van der Waals surface area contributed by atoms with Crippen LogP contribution in [0.4, 0.5) is 22.7 Å². The molecule has 0 fully saturated rings. The van der Waals surface area contributed by atoms with E-state index in [1.54, 1.807) is 0 Å². The maximum Gasteiger partial charge on any atom is 0.397 e. The SMILES string of the molecule is COc1ccc(S(=O)(=O)CCOS(=O)(=O)O)cc1NN=c1c(=O)c(N=Nc2ccc(S(=O)(=O)CCOS(=O)(=O)O)cc2S(=O)(=O)O)c(O)c(=NNc2ccc(S(=O)(=O)CCOS(=O)(=O)O)cc2S(=O)(=O)O)c1=O. The molecule has 4 aromatic carbocycles. The Bertz CT molecular complexity index is 4070. The van der Waals surface area contributed by atoms with Gasteiger partial charge < -0.3 is 9.84 Å². The fraction of sp³-hybridized carbons (Fsp3) is 0.226. The molecule has 8 N–H and O–H groups in total. The molecule has 0 saturated carbocycles. The van der Waals surface area contributed by atoms with Gasteiger partial charge in [-0.15, -0.1) is 10.2 Å². The molecule has 0 aromatic heterocycles. The average molecular weight is 1190 g/mol. The van der Waals surface area contributed by atoms with Gasteiger partial charge in [-0.3, -0.25) is 43.2 Å². The number of phenols is 1. The predicted octanol–water partition coefficient (Wildman–Crippen LogP) is -2.46. The molecular weight excluding hydrogens is 1160 g/mol. The van der Waals surface area contributed by atoms with Crippen molar-refractivity contribution in [3.8, 4) is 11.5 Å². The molecule has 73 heavy (non-hydrogen) atoms. The lowest BCUT2D eigenvalue weighted by Gasteiger charge is -2.11. The quantitative estimate of drug-likeness (QED) is 0.0205. The van der Waals surface area contributed by atoms with E-state index in [0.717, 1.165) is 25.3 Å². The number of phenolic OH excluding ortho intramolecular Hbond substituents is 1. The van der Waals surface area contributed by atoms with E-state index in [-0.39, 0.29) is 11.8 Å². The Morgan fingerprint density at radius 1 is 0.493 bits per heavy atom. The van der Waals surface area contributed by atoms with E-state index < -0.39 is 193 Å². The fourth-order valence-corrected chi connectivity index (χ4v) is 11.3. The molecule has 0 aliphatic heterocycles. The number of anilines is 2. The van der Waals surface area contributed by atoms with Crippen LogP contribution in [-0.2, 0) is 93.5 Å². The third kappa shape index (κ3) is 16.6. The van der Waals surface area contributed by atoms with E-state index in [1.807, 2.05) is 5.43 Å². The minimum absolute atomic E-state index is 0.264. The van der Waals surface area contributed by atoms with Crippen LogP contribution in [0.15, 0.2) is 109 Å². The first-order chi connectivity index (χ1) is 33.3. The summed E-state index contributed by atoms with van der Waals surface area (Å²) in [6.07, 6.45) is 0. The second kappa shape index (κ2) is 22.3. The smallest absolute Gasteiger partial charge is 0.397 e. The zero-order valence-electron chi connectivity index (χ0n) is 35.7. The molecule has 0 saturated heterocycles. The van der Waals surface area contributed by atoms with Crippen molar-refractivity contribution in [2.24, 2.45) is 20.4 Å². The van der Waals surface area contributed by atoms with Crippen LogP contribution in [0.2, 0.25) is 0 Å². The summed E-state index contributed by atoms with van der Waals surface area (Å²) in [5, 5.41) is 22.5. The normalized spacial score (nSPS) is 13.9. The van der Waals surface area contributed by atoms with E-state index >= 15 is 0 Å². The first-order valence-electron chi connectivity index (χ1n) is 18.3. The molecular formula is C31H32N6O28S8. The minimum atomic E-state index is -5.54. The van der Waals surface area contributed by atoms with Crippen molar-refractivity contribution in [2.75, 3.05) is 55.0 Å². The standard InChI is InChI=1S/C31H32N6O28S8/c1-62-23-7-4-17(66(41,42)11-8-63-71(53,54)55)14-22(23)34-37-28-30(39)26(35-32-20-5-2-18(15-24(20)69(47,48)49)67(43,44)12-9-64-72(56,57)58)29(38)27(31(28)40)36-33-21-6-3-19(16-25(21)70(50,51)52)68(45,46)13-10-65-73(59,60)61/h2-7,14-16,32,34,38H,8-13H2,1H3,(H,47,48,49)(H,50,51,52)(H,53,54,55)(H,56,57,58)(H,59,60,61). The minimum Gasteiger partial charge on any atom is -0.504 e. The van der Waals surface area contributed by atoms with Crippen LogP contribution in [0.5, 0.6) is 11.5 Å². The molecule has 4 rings (SSSR count). The zero-order chi connectivity index (χ0) is 55.3. The lowest BCUT2D eigenvalue weighted by Crippen LogP contribution is -2.48. The second-order valence-electron chi connectivity index (χ2n) is 13.5. The summed E-state index contributed by atoms with van der Waals surface area (Å²) in [6.45, 7) is -3.46. The molecule has 0 aliphatic carbocycles. The lowest BCUT2D eigenvalue weighted by molar-refractivity contribution is 0.282. The van der Waals surface area contributed by atoms with E-state index in [9.17, 15) is 91.1 Å². The largest absolute Gasteiger partial charge is 0.504 e. The summed E-state index contributed by atoms with van der Waals surface area (Å²) >= 11 is 0. The number of sulfone groups is 3. The molecule has 0 bridgehead atoms. The van der Waals surface area contributed by atoms with Gasteiger partial charge in [0.2, 0.25) is 10.9 Å². The van der Waals surface area contributed by atoms with Crippen LogP contribution in [0.3, 0.4) is 0 Å². The van der Waals surface area contributed by atoms with Crippen LogP contribution >= 0.6 is 0 Å². The topological polar surface area (TPSA) is 539 Å². The van der Waals surface area contributed by atoms with Crippen molar-refractivity contribution in [2.45, 2.75) is 24.5 Å². The maximum absolute atomic E-state index is 13.9. The molecule has 0 spiro atoms. The average Bonchev–Trinajstić information content (AvgIpc) is 3.23. The van der Waals surface area contributed by atoms with Gasteiger partial charge >= 0.3 is 31.2 Å². The number of aromatic hydroxyl groups is 1. The number of ether oxygens (including phenoxy) is 1. The monoisotopic (exact) mass is 1190 g/mol. The van der Waals surface area contributed by atoms with E-state index in [4.69, 9.17) is 18.4 Å². The number of nitrogens with zero attached hydrogens (tertiary/aromatic N) is 4. The summed E-state index contributed by atoms with van der Waals surface area (Å²) in [4.78, 5) is 22.5. The van der Waals surface area contributed by atoms with Gasteiger partial charge in [0.25, 0.3) is 20.2 Å². The van der Waals surface area contributed by atoms with Gasteiger partial charge in [0, 0.05) is 0 Å². The molecule has 0 heterocycles. The van der Waals surface area contributed by atoms with Gasteiger partial charge in [-0.1, -0.05) is 0 Å². The number of rotatable bonds is 24. The van der Waals surface area contributed by atoms with Crippen LogP contribution in [0, 0.1) is 0 Å². The highest BCUT2D eigenvalue weighted by Crippen LogP contribution is 2.31. The Morgan fingerprint density at radius 2 is 0.904 bits per heavy atom. The van der Waals surface area contributed by atoms with Gasteiger partial charge in [-0.25, -0.2) is 37.8 Å². The molecule has 402 valence electrons. The van der Waals surface area contributed by atoms with E-state index in [2.05, 4.69) is 38.4 Å². The Balaban J connectivity index is 1.99. The highest BCUT2D eigenvalue weighted by molar-refractivity contribution is 7.92. The third-order valence-electron chi connectivity index (χ3n) is 8.58. The summed E-state index contributed by atoms with van der Waals surface area (Å²) in [5.74, 6) is -5.39. The van der Waals surface area contributed by atoms with Gasteiger partial charge in [0.1, 0.15) is 21.2 Å². The number of hydrogen-bond donors (Lipinski definition) is 8. The molecule has 34 nitrogen and oxygen atoms in total. The van der Waals surface area contributed by atoms with Crippen molar-refractivity contribution in [1.29, 1.82) is 0 Å². The van der Waals surface area contributed by atoms with Crippen molar-refractivity contribution in [3.63, 3.8) is 0 Å². The summed E-state index contributed by atoms with van der Waals surface area (Å²) in [6, 6.07) is 5.60. The summed E-state index contributed by atoms with van der Waals surface area (Å²) in [5.41, 5.74) is -3.37. The van der Waals surface area contributed by atoms with Crippen molar-refractivity contribution in [3.05, 3.63) is 85.8 Å². The molecule has 4 aromatic rings. The first kappa shape index (κ1) is 59.7. The number of nitrogens with one attached hydrogen (secondary N) is 2. The molecule has 0 atom stereocenters. The van der Waals surface area contributed by atoms with Crippen LogP contribution in [0.25, 0.3) is 0 Å². The molecule has 42 heteroatoms. The first-order valence-corrected chi connectivity index (χ1v) is 30.3. The highest BCUT2D eigenvalue weighted by Gasteiger charge is 2.26. The Kier molecular flexibility index (Phi) is 18.3. The second-order valence-corrected chi connectivity index (χ2v) is 25.9. The van der Waals surface area contributed by atoms with Gasteiger partial charge in [0.15, 0.2) is 51.7 Å². The van der Waals surface area contributed by atoms with Crippen molar-refractivity contribution < 1.29 is 112 Å². The van der Waals surface area contributed by atoms with Crippen molar-refractivity contribution >= 4 is 104 Å². The number of azo groups is 1. The third-order valence-corrected chi connectivity index (χ3v) is 16.8. The van der Waals surface area contributed by atoms with E-state index in [1.165, 1.54) is 0 Å². The summed E-state index contributed by atoms with van der Waals surface area (Å²) < 4.78 is 255. The van der Waals surface area contributed by atoms with Crippen LogP contribution in [0.1, 0.15) is 0 Å². The van der Waals surface area contributed by atoms with Crippen LogP contribution in [-0.4, -0.2) is 139 Å². The Morgan fingerprint density at radius 3 is 1.36 bits per heavy atom. The Hall–Kier alpha value is -5.84. The number of hydrogen-bond acceptors (Lipinski definition) is 29. The Labute approximate surface area is 411 Å². The lowest BCUT2D eigenvalue weighted by atomic mass is 10.2. The highest BCUT2D eigenvalue weighted by atomic mass is 32.3.